The number of nitrogens with zero attached hydrogens (tertiary/aromatic N) is 7. The summed E-state index contributed by atoms with van der Waals surface area (Å²) in [5.41, 5.74) is 11.1. The van der Waals surface area contributed by atoms with Gasteiger partial charge in [-0.05, 0) is 53.6 Å². The number of fused-ring (bicyclic) bond motifs is 2. The quantitative estimate of drug-likeness (QED) is 0.0280. The van der Waals surface area contributed by atoms with E-state index in [2.05, 4.69) is 72.9 Å². The minimum atomic E-state index is -1.04. The molecule has 0 radical (unpaired) electrons. The maximum Gasteiger partial charge on any atom is 0.227 e. The summed E-state index contributed by atoms with van der Waals surface area (Å²) in [6.07, 6.45) is 2.53. The zero-order valence-electron chi connectivity index (χ0n) is 34.4. The first-order valence-corrected chi connectivity index (χ1v) is 21.6. The van der Waals surface area contributed by atoms with Gasteiger partial charge < -0.3 is 41.7 Å². The van der Waals surface area contributed by atoms with Gasteiger partial charge in [-0.3, -0.25) is 21.8 Å². The number of aromatic nitrogens is 7. The van der Waals surface area contributed by atoms with Gasteiger partial charge >= 0.3 is 0 Å². The van der Waals surface area contributed by atoms with E-state index in [4.69, 9.17) is 6.57 Å². The Morgan fingerprint density at radius 1 is 0.631 bits per heavy atom. The molecule has 0 aliphatic carbocycles. The van der Waals surface area contributed by atoms with Crippen LogP contribution >= 0.6 is 22.7 Å². The number of thiazole rings is 2. The fourth-order valence-corrected chi connectivity index (χ4v) is 8.15. The van der Waals surface area contributed by atoms with E-state index in [9.17, 15) is 20.4 Å². The number of anilines is 6. The van der Waals surface area contributed by atoms with Gasteiger partial charge in [0.1, 0.15) is 30.2 Å². The van der Waals surface area contributed by atoms with Gasteiger partial charge in [0, 0.05) is 35.5 Å². The topological polar surface area (TPSA) is 279 Å². The zero-order valence-corrected chi connectivity index (χ0v) is 36.0. The molecule has 5 aromatic heterocycles. The normalized spacial score (nSPS) is 12.6. The van der Waals surface area contributed by atoms with Crippen LogP contribution in [0.25, 0.3) is 36.7 Å². The van der Waals surface area contributed by atoms with Gasteiger partial charge in [0.05, 0.1) is 74.6 Å². The summed E-state index contributed by atoms with van der Waals surface area (Å²) in [5, 5.41) is 60.0. The first kappa shape index (κ1) is 45.6. The SMILES string of the molecule is NN.OC[C@@H](O)[C@@H](Nc1cc(Nc2ccc3ncsc3c2)ncc1-c1ncn[nH]1)c1ccccc1.[C-]#[N+]c1cnc(Nc2ccc3ncsc3c2)cc1N[C@@H](c1ccccc1)[C@H](O)CO. The highest BCUT2D eigenvalue weighted by molar-refractivity contribution is 7.17. The molecule has 0 spiro atoms. The molecule has 0 saturated heterocycles. The lowest BCUT2D eigenvalue weighted by atomic mass is 10.0. The first-order chi connectivity index (χ1) is 31.9. The van der Waals surface area contributed by atoms with Crippen LogP contribution in [0.1, 0.15) is 23.2 Å². The molecule has 0 fully saturated rings. The Labute approximate surface area is 380 Å². The second-order valence-electron chi connectivity index (χ2n) is 14.0. The van der Waals surface area contributed by atoms with Gasteiger partial charge in [-0.1, -0.05) is 60.7 Å². The molecule has 0 unspecified atom stereocenters. The third kappa shape index (κ3) is 11.4. The van der Waals surface area contributed by atoms with Crippen molar-refractivity contribution in [2.75, 3.05) is 34.5 Å². The maximum atomic E-state index is 10.6. The number of aliphatic hydroxyl groups excluding tert-OH is 4. The van der Waals surface area contributed by atoms with Gasteiger partial charge in [0.25, 0.3) is 0 Å². The average Bonchev–Trinajstić information content (AvgIpc) is 4.17. The molecule has 18 nitrogen and oxygen atoms in total. The van der Waals surface area contributed by atoms with E-state index in [1.165, 1.54) is 12.5 Å². The number of benzene rings is 4. The number of aliphatic hydroxyl groups is 4. The average molecular weight is 909 g/mol. The number of hydrogen-bond donors (Lipinski definition) is 11. The second kappa shape index (κ2) is 22.3. The number of nitrogens with one attached hydrogen (secondary N) is 5. The van der Waals surface area contributed by atoms with E-state index < -0.39 is 37.5 Å². The summed E-state index contributed by atoms with van der Waals surface area (Å²) in [5.74, 6) is 9.70. The van der Waals surface area contributed by atoms with Crippen molar-refractivity contribution in [1.29, 1.82) is 0 Å². The number of nitrogens with two attached hydrogens (primary N) is 2. The highest BCUT2D eigenvalue weighted by Gasteiger charge is 2.24. The van der Waals surface area contributed by atoms with Crippen LogP contribution in [0, 0.1) is 6.57 Å². The van der Waals surface area contributed by atoms with Gasteiger partial charge in [0.15, 0.2) is 5.82 Å². The van der Waals surface area contributed by atoms with Crippen LogP contribution in [0.15, 0.2) is 139 Å². The van der Waals surface area contributed by atoms with Crippen LogP contribution in [0.2, 0.25) is 0 Å². The smallest absolute Gasteiger partial charge is 0.227 e. The van der Waals surface area contributed by atoms with Crippen molar-refractivity contribution in [3.05, 3.63) is 161 Å². The molecular weight excluding hydrogens is 865 g/mol. The molecule has 5 heterocycles. The monoisotopic (exact) mass is 908 g/mol. The van der Waals surface area contributed by atoms with Crippen molar-refractivity contribution in [1.82, 2.24) is 35.1 Å². The summed E-state index contributed by atoms with van der Waals surface area (Å²) in [7, 11) is 0. The van der Waals surface area contributed by atoms with Crippen molar-refractivity contribution in [3.63, 3.8) is 0 Å². The third-order valence-electron chi connectivity index (χ3n) is 9.87. The summed E-state index contributed by atoms with van der Waals surface area (Å²) in [6, 6.07) is 33.0. The molecule has 9 rings (SSSR count). The summed E-state index contributed by atoms with van der Waals surface area (Å²) in [6.45, 7) is 6.65. The molecule has 20 heteroatoms. The van der Waals surface area contributed by atoms with E-state index in [0.29, 0.717) is 40.1 Å². The number of rotatable bonds is 15. The van der Waals surface area contributed by atoms with E-state index in [1.807, 2.05) is 109 Å². The van der Waals surface area contributed by atoms with Crippen LogP contribution in [0.3, 0.4) is 0 Å². The Balaban J connectivity index is 0.000000188. The van der Waals surface area contributed by atoms with Gasteiger partial charge in [-0.2, -0.15) is 5.10 Å². The van der Waals surface area contributed by atoms with Crippen molar-refractivity contribution in [2.45, 2.75) is 24.3 Å². The number of aromatic amines is 1. The van der Waals surface area contributed by atoms with Crippen LogP contribution in [-0.2, 0) is 0 Å². The summed E-state index contributed by atoms with van der Waals surface area (Å²) >= 11 is 3.13. The van der Waals surface area contributed by atoms with E-state index in [0.717, 1.165) is 42.9 Å². The molecule has 0 aliphatic rings. The summed E-state index contributed by atoms with van der Waals surface area (Å²) in [4.78, 5) is 25.2. The third-order valence-corrected chi connectivity index (χ3v) is 11.5. The first-order valence-electron chi connectivity index (χ1n) is 19.9. The number of pyridine rings is 2. The largest absolute Gasteiger partial charge is 0.394 e. The molecule has 13 N–H and O–H groups in total. The van der Waals surface area contributed by atoms with Crippen molar-refractivity contribution < 1.29 is 20.4 Å². The molecular formula is C45H44N14O4S2. The summed E-state index contributed by atoms with van der Waals surface area (Å²) < 4.78 is 2.14. The highest BCUT2D eigenvalue weighted by Crippen LogP contribution is 2.35. The maximum absolute atomic E-state index is 10.6. The molecule has 9 aromatic rings. The molecule has 4 aromatic carbocycles. The van der Waals surface area contributed by atoms with Crippen LogP contribution in [-0.4, -0.2) is 81.0 Å². The lowest BCUT2D eigenvalue weighted by molar-refractivity contribution is 0.0794. The van der Waals surface area contributed by atoms with Gasteiger partial charge in [-0.25, -0.2) is 24.8 Å². The number of H-pyrrole nitrogens is 1. The Morgan fingerprint density at radius 2 is 1.14 bits per heavy atom. The fraction of sp³-hybridized carbons (Fsp3) is 0.133. The Hall–Kier alpha value is -7.45. The molecule has 4 atom stereocenters. The Bertz CT molecular complexity index is 2930. The molecule has 0 aliphatic heterocycles. The van der Waals surface area contributed by atoms with Crippen LogP contribution < -0.4 is 33.0 Å². The van der Waals surface area contributed by atoms with Crippen LogP contribution in [0.4, 0.5) is 40.1 Å². The fourth-order valence-electron chi connectivity index (χ4n) is 6.72. The van der Waals surface area contributed by atoms with Crippen LogP contribution in [0.5, 0.6) is 0 Å². The Morgan fingerprint density at radius 3 is 1.63 bits per heavy atom. The van der Waals surface area contributed by atoms with Crippen molar-refractivity contribution >= 4 is 83.2 Å². The predicted molar refractivity (Wildman–Crippen MR) is 256 cm³/mol. The molecule has 65 heavy (non-hydrogen) atoms. The molecule has 0 saturated carbocycles. The lowest BCUT2D eigenvalue weighted by Gasteiger charge is -2.25. The minimum absolute atomic E-state index is 0.324. The zero-order chi connectivity index (χ0) is 45.5. The second-order valence-corrected chi connectivity index (χ2v) is 15.8. The lowest BCUT2D eigenvalue weighted by Crippen LogP contribution is -2.28. The van der Waals surface area contributed by atoms with Crippen molar-refractivity contribution in [3.8, 4) is 11.4 Å². The minimum Gasteiger partial charge on any atom is -0.394 e. The Kier molecular flexibility index (Phi) is 15.6. The highest BCUT2D eigenvalue weighted by atomic mass is 32.1. The van der Waals surface area contributed by atoms with E-state index in [-0.39, 0.29) is 0 Å². The molecule has 330 valence electrons. The number of hydrogen-bond acceptors (Lipinski definition) is 18. The van der Waals surface area contributed by atoms with E-state index in [1.54, 1.807) is 40.4 Å². The number of hydrazine groups is 1. The van der Waals surface area contributed by atoms with Crippen molar-refractivity contribution in [2.24, 2.45) is 11.7 Å². The van der Waals surface area contributed by atoms with Gasteiger partial charge in [0.2, 0.25) is 5.69 Å². The van der Waals surface area contributed by atoms with Gasteiger partial charge in [-0.15, -0.1) is 22.7 Å². The van der Waals surface area contributed by atoms with E-state index >= 15 is 0 Å². The standard InChI is InChI=1S/C23H21N7O2S.C22H19N5O2S.H4N2/c31-11-19(32)22(14-4-2-1-3-5-14)29-18-9-21(24-10-16(18)23-25-12-27-30-23)28-15-6-7-17-20(8-15)33-13-26-17;1-23-18-11-24-21(26-15-7-8-16-20(9-15)30-13-25-16)10-17(18)27-22(19(29)12-28)14-5-3-2-4-6-14;1-2/h1-10,12-13,19,22,31-32H,11H2,(H2,24,28,29)(H,25,27,30);2-11,13,19,22,28-29H,12H2,(H2,24,26,27);1-2H2/t2*19-,22+;/m11./s1. The molecule has 0 amide bonds. The predicted octanol–water partition coefficient (Wildman–Crippen LogP) is 7.04. The molecule has 0 bridgehead atoms.